The average molecular weight is 350 g/mol. The Balaban J connectivity index is 2.06. The van der Waals surface area contributed by atoms with Crippen LogP contribution >= 0.6 is 0 Å². The molecule has 0 bridgehead atoms. The highest BCUT2D eigenvalue weighted by Gasteiger charge is 2.25. The third kappa shape index (κ3) is 3.32. The van der Waals surface area contributed by atoms with E-state index in [0.717, 1.165) is 24.1 Å². The molecule has 0 amide bonds. The third-order valence-electron chi connectivity index (χ3n) is 4.48. The molecule has 0 radical (unpaired) electrons. The van der Waals surface area contributed by atoms with Crippen LogP contribution in [0.4, 0.5) is 0 Å². The summed E-state index contributed by atoms with van der Waals surface area (Å²) in [4.78, 5) is 4.55. The second kappa shape index (κ2) is 6.57. The van der Waals surface area contributed by atoms with Crippen LogP contribution in [0.3, 0.4) is 0 Å². The molecule has 24 heavy (non-hydrogen) atoms. The summed E-state index contributed by atoms with van der Waals surface area (Å²) in [6.07, 6.45) is 5.86. The molecule has 7 heteroatoms. The molecule has 1 heterocycles. The predicted molar refractivity (Wildman–Crippen MR) is 90.4 cm³/mol. The van der Waals surface area contributed by atoms with Crippen molar-refractivity contribution < 1.29 is 17.6 Å². The van der Waals surface area contributed by atoms with Crippen LogP contribution in [-0.2, 0) is 10.0 Å². The van der Waals surface area contributed by atoms with E-state index in [4.69, 9.17) is 14.3 Å². The Labute approximate surface area is 142 Å². The number of oxazole rings is 1. The molecular weight excluding hydrogens is 328 g/mol. The molecule has 1 aliphatic rings. The van der Waals surface area contributed by atoms with E-state index in [2.05, 4.69) is 4.98 Å². The molecule has 3 rings (SSSR count). The number of primary sulfonamides is 1. The van der Waals surface area contributed by atoms with Gasteiger partial charge in [0.15, 0.2) is 11.7 Å². The van der Waals surface area contributed by atoms with Gasteiger partial charge in [-0.05, 0) is 31.0 Å². The maximum atomic E-state index is 11.6. The van der Waals surface area contributed by atoms with Gasteiger partial charge < -0.3 is 9.15 Å². The lowest BCUT2D eigenvalue weighted by Gasteiger charge is -2.20. The summed E-state index contributed by atoms with van der Waals surface area (Å²) >= 11 is 0. The summed E-state index contributed by atoms with van der Waals surface area (Å²) in [5.74, 6) is 1.90. The highest BCUT2D eigenvalue weighted by Crippen LogP contribution is 2.39. The minimum absolute atomic E-state index is 0.0378. The zero-order chi connectivity index (χ0) is 17.3. The van der Waals surface area contributed by atoms with E-state index in [0.29, 0.717) is 17.6 Å². The number of sulfonamides is 1. The Kier molecular flexibility index (Phi) is 4.64. The molecule has 1 saturated carbocycles. The number of nitrogens with zero attached hydrogens (tertiary/aromatic N) is 1. The highest BCUT2D eigenvalue weighted by molar-refractivity contribution is 7.89. The SMILES string of the molecule is COc1cc(-c2oc(C)nc2C2CCCCC2)ccc1S(N)(=O)=O. The van der Waals surface area contributed by atoms with Gasteiger partial charge in [0.05, 0.1) is 12.8 Å². The van der Waals surface area contributed by atoms with Gasteiger partial charge in [-0.25, -0.2) is 18.5 Å². The molecule has 0 atom stereocenters. The van der Waals surface area contributed by atoms with E-state index in [1.54, 1.807) is 12.1 Å². The summed E-state index contributed by atoms with van der Waals surface area (Å²) in [6.45, 7) is 1.83. The van der Waals surface area contributed by atoms with Crippen LogP contribution in [0.25, 0.3) is 11.3 Å². The lowest BCUT2D eigenvalue weighted by atomic mass is 9.85. The van der Waals surface area contributed by atoms with Crippen molar-refractivity contribution in [3.8, 4) is 17.1 Å². The first kappa shape index (κ1) is 17.0. The van der Waals surface area contributed by atoms with Gasteiger partial charge in [0.25, 0.3) is 0 Å². The number of nitrogens with two attached hydrogens (primary N) is 1. The average Bonchev–Trinajstić information content (AvgIpc) is 2.96. The summed E-state index contributed by atoms with van der Waals surface area (Å²) < 4.78 is 34.3. The summed E-state index contributed by atoms with van der Waals surface area (Å²) in [6, 6.07) is 4.78. The van der Waals surface area contributed by atoms with E-state index in [-0.39, 0.29) is 10.6 Å². The molecule has 1 fully saturated rings. The topological polar surface area (TPSA) is 95.4 Å². The Morgan fingerprint density at radius 2 is 1.96 bits per heavy atom. The van der Waals surface area contributed by atoms with Gasteiger partial charge in [-0.1, -0.05) is 19.3 Å². The van der Waals surface area contributed by atoms with Crippen molar-refractivity contribution in [1.29, 1.82) is 0 Å². The molecule has 130 valence electrons. The fraction of sp³-hybridized carbons (Fsp3) is 0.471. The van der Waals surface area contributed by atoms with E-state index >= 15 is 0 Å². The van der Waals surface area contributed by atoms with Crippen molar-refractivity contribution in [3.63, 3.8) is 0 Å². The van der Waals surface area contributed by atoms with Crippen molar-refractivity contribution in [1.82, 2.24) is 4.98 Å². The summed E-state index contributed by atoms with van der Waals surface area (Å²) in [7, 11) is -2.42. The molecule has 0 unspecified atom stereocenters. The maximum absolute atomic E-state index is 11.6. The normalized spacial score (nSPS) is 16.3. The van der Waals surface area contributed by atoms with Crippen LogP contribution in [0.1, 0.15) is 49.6 Å². The number of aryl methyl sites for hydroxylation is 1. The maximum Gasteiger partial charge on any atom is 0.241 e. The first-order chi connectivity index (χ1) is 11.4. The number of benzene rings is 1. The fourth-order valence-electron chi connectivity index (χ4n) is 3.35. The number of methoxy groups -OCH3 is 1. The molecule has 1 aromatic heterocycles. The highest BCUT2D eigenvalue weighted by atomic mass is 32.2. The molecule has 2 N–H and O–H groups in total. The summed E-state index contributed by atoms with van der Waals surface area (Å²) in [5, 5.41) is 5.23. The van der Waals surface area contributed by atoms with Crippen LogP contribution in [0.5, 0.6) is 5.75 Å². The molecular formula is C17H22N2O4S. The minimum atomic E-state index is -3.84. The lowest BCUT2D eigenvalue weighted by Crippen LogP contribution is -2.13. The van der Waals surface area contributed by atoms with E-state index < -0.39 is 10.0 Å². The van der Waals surface area contributed by atoms with Crippen LogP contribution < -0.4 is 9.88 Å². The zero-order valence-corrected chi connectivity index (χ0v) is 14.7. The van der Waals surface area contributed by atoms with Crippen molar-refractivity contribution in [2.24, 2.45) is 5.14 Å². The van der Waals surface area contributed by atoms with Crippen molar-refractivity contribution in [3.05, 3.63) is 29.8 Å². The largest absolute Gasteiger partial charge is 0.495 e. The molecule has 1 aromatic carbocycles. The first-order valence-corrected chi connectivity index (χ1v) is 9.63. The fourth-order valence-corrected chi connectivity index (χ4v) is 4.03. The van der Waals surface area contributed by atoms with Crippen LogP contribution in [0, 0.1) is 6.92 Å². The van der Waals surface area contributed by atoms with Crippen molar-refractivity contribution in [2.75, 3.05) is 7.11 Å². The van der Waals surface area contributed by atoms with Gasteiger partial charge in [-0.2, -0.15) is 0 Å². The third-order valence-corrected chi connectivity index (χ3v) is 5.43. The monoisotopic (exact) mass is 350 g/mol. The molecule has 0 aliphatic heterocycles. The van der Waals surface area contributed by atoms with Gasteiger partial charge in [-0.15, -0.1) is 0 Å². The molecule has 6 nitrogen and oxygen atoms in total. The van der Waals surface area contributed by atoms with E-state index in [9.17, 15) is 8.42 Å². The number of hydrogen-bond donors (Lipinski definition) is 1. The number of hydrogen-bond acceptors (Lipinski definition) is 5. The van der Waals surface area contributed by atoms with Gasteiger partial charge in [-0.3, -0.25) is 0 Å². The quantitative estimate of drug-likeness (QED) is 0.912. The predicted octanol–water partition coefficient (Wildman–Crippen LogP) is 3.35. The zero-order valence-electron chi connectivity index (χ0n) is 13.9. The van der Waals surface area contributed by atoms with Crippen molar-refractivity contribution in [2.45, 2.75) is 49.8 Å². The Hall–Kier alpha value is -1.86. The van der Waals surface area contributed by atoms with Gasteiger partial charge in [0.1, 0.15) is 10.6 Å². The minimum Gasteiger partial charge on any atom is -0.495 e. The number of ether oxygens (including phenoxy) is 1. The van der Waals surface area contributed by atoms with Crippen molar-refractivity contribution >= 4 is 10.0 Å². The van der Waals surface area contributed by atoms with Crippen LogP contribution in [0.15, 0.2) is 27.5 Å². The van der Waals surface area contributed by atoms with E-state index in [1.165, 1.54) is 32.4 Å². The molecule has 2 aromatic rings. The second-order valence-electron chi connectivity index (χ2n) is 6.19. The first-order valence-electron chi connectivity index (χ1n) is 8.08. The Morgan fingerprint density at radius 1 is 1.25 bits per heavy atom. The number of rotatable bonds is 4. The second-order valence-corrected chi connectivity index (χ2v) is 7.72. The standard InChI is InChI=1S/C17H22N2O4S/c1-11-19-16(12-6-4-3-5-7-12)17(23-11)13-8-9-15(24(18,20)21)14(10-13)22-2/h8-10,12H,3-7H2,1-2H3,(H2,18,20,21). The Bertz CT molecular complexity index is 836. The molecule has 1 aliphatic carbocycles. The smallest absolute Gasteiger partial charge is 0.241 e. The molecule has 0 saturated heterocycles. The van der Waals surface area contributed by atoms with Gasteiger partial charge in [0, 0.05) is 18.4 Å². The van der Waals surface area contributed by atoms with Crippen LogP contribution in [-0.4, -0.2) is 20.5 Å². The van der Waals surface area contributed by atoms with Crippen LogP contribution in [0.2, 0.25) is 0 Å². The van der Waals surface area contributed by atoms with Gasteiger partial charge in [0.2, 0.25) is 10.0 Å². The Morgan fingerprint density at radius 3 is 2.58 bits per heavy atom. The lowest BCUT2D eigenvalue weighted by molar-refractivity contribution is 0.402. The summed E-state index contributed by atoms with van der Waals surface area (Å²) in [5.41, 5.74) is 1.71. The van der Waals surface area contributed by atoms with E-state index in [1.807, 2.05) is 6.92 Å². The number of aromatic nitrogens is 1. The molecule has 0 spiro atoms. The van der Waals surface area contributed by atoms with Gasteiger partial charge >= 0.3 is 0 Å².